The van der Waals surface area contributed by atoms with Gasteiger partial charge in [-0.2, -0.15) is 5.01 Å². The summed E-state index contributed by atoms with van der Waals surface area (Å²) in [6.45, 7) is 0. The highest BCUT2D eigenvalue weighted by Gasteiger charge is 2.35. The van der Waals surface area contributed by atoms with Crippen molar-refractivity contribution in [2.75, 3.05) is 0 Å². The van der Waals surface area contributed by atoms with Gasteiger partial charge >= 0.3 is 0 Å². The highest BCUT2D eigenvalue weighted by Crippen LogP contribution is 2.35. The smallest absolute Gasteiger partial charge is 0.285 e. The van der Waals surface area contributed by atoms with E-state index >= 15 is 0 Å². The zero-order valence-electron chi connectivity index (χ0n) is 17.0. The number of hydrogen-bond donors (Lipinski definition) is 1. The third-order valence-corrected chi connectivity index (χ3v) is 8.55. The summed E-state index contributed by atoms with van der Waals surface area (Å²) in [7, 11) is 0. The maximum absolute atomic E-state index is 12.9. The molecule has 1 fully saturated rings. The van der Waals surface area contributed by atoms with Gasteiger partial charge in [0.05, 0.1) is 20.5 Å². The number of furan rings is 1. The average Bonchev–Trinajstić information content (AvgIpc) is 3.51. The van der Waals surface area contributed by atoms with Gasteiger partial charge in [0, 0.05) is 21.9 Å². The van der Waals surface area contributed by atoms with Gasteiger partial charge in [0.2, 0.25) is 0 Å². The van der Waals surface area contributed by atoms with E-state index < -0.39 is 5.91 Å². The summed E-state index contributed by atoms with van der Waals surface area (Å²) >= 11 is 20.1. The number of hydrazine groups is 1. The lowest BCUT2D eigenvalue weighted by Crippen LogP contribution is -2.45. The number of fused-ring (bicyclic) bond motifs is 1. The molecule has 0 bridgehead atoms. The predicted octanol–water partition coefficient (Wildman–Crippen LogP) is 6.74. The number of hydrogen-bond acceptors (Lipinski definition) is 6. The van der Waals surface area contributed by atoms with E-state index in [0.29, 0.717) is 32.0 Å². The molecule has 0 saturated carbocycles. The van der Waals surface area contributed by atoms with Crippen LogP contribution in [-0.2, 0) is 17.6 Å². The number of nitrogens with zero attached hydrogens (tertiary/aromatic N) is 1. The van der Waals surface area contributed by atoms with Crippen molar-refractivity contribution in [1.82, 2.24) is 10.4 Å². The van der Waals surface area contributed by atoms with Crippen molar-refractivity contribution in [3.63, 3.8) is 0 Å². The van der Waals surface area contributed by atoms with Crippen molar-refractivity contribution in [1.29, 1.82) is 0 Å². The van der Waals surface area contributed by atoms with Crippen LogP contribution < -0.4 is 5.43 Å². The maximum Gasteiger partial charge on any atom is 0.285 e. The van der Waals surface area contributed by atoms with Crippen molar-refractivity contribution in [2.24, 2.45) is 0 Å². The van der Waals surface area contributed by atoms with Crippen molar-refractivity contribution in [3.05, 3.63) is 72.4 Å². The monoisotopic (exact) mass is 534 g/mol. The molecule has 1 aliphatic carbocycles. The summed E-state index contributed by atoms with van der Waals surface area (Å²) in [4.78, 5) is 27.4. The molecule has 3 heterocycles. The Kier molecular flexibility index (Phi) is 6.37. The summed E-state index contributed by atoms with van der Waals surface area (Å²) in [6, 6.07) is 8.74. The Balaban J connectivity index is 1.32. The summed E-state index contributed by atoms with van der Waals surface area (Å²) in [5, 5.41) is 3.88. The molecule has 2 aromatic heterocycles. The lowest BCUT2D eigenvalue weighted by molar-refractivity contribution is -0.123. The molecule has 168 valence electrons. The van der Waals surface area contributed by atoms with Gasteiger partial charge in [0.25, 0.3) is 11.8 Å². The number of amides is 2. The molecule has 3 aromatic rings. The van der Waals surface area contributed by atoms with Gasteiger partial charge in [-0.15, -0.1) is 11.3 Å². The first kappa shape index (κ1) is 22.7. The first-order chi connectivity index (χ1) is 15.9. The molecule has 0 atom stereocenters. The van der Waals surface area contributed by atoms with E-state index in [-0.39, 0.29) is 10.2 Å². The number of thioether (sulfide) groups is 1. The minimum atomic E-state index is -0.394. The quantitative estimate of drug-likeness (QED) is 0.296. The van der Waals surface area contributed by atoms with Gasteiger partial charge in [0.15, 0.2) is 4.32 Å². The van der Waals surface area contributed by atoms with Gasteiger partial charge in [-0.3, -0.25) is 15.0 Å². The second kappa shape index (κ2) is 9.27. The highest BCUT2D eigenvalue weighted by molar-refractivity contribution is 8.26. The van der Waals surface area contributed by atoms with Crippen LogP contribution in [0.25, 0.3) is 17.4 Å². The van der Waals surface area contributed by atoms with Crippen LogP contribution >= 0.6 is 58.5 Å². The fourth-order valence-electron chi connectivity index (χ4n) is 3.77. The van der Waals surface area contributed by atoms with Crippen LogP contribution in [0.3, 0.4) is 0 Å². The van der Waals surface area contributed by atoms with Crippen molar-refractivity contribution >= 4 is 80.7 Å². The minimum Gasteiger partial charge on any atom is -0.457 e. The largest absolute Gasteiger partial charge is 0.457 e. The zero-order valence-corrected chi connectivity index (χ0v) is 21.0. The third-order valence-electron chi connectivity index (χ3n) is 5.42. The Morgan fingerprint density at radius 3 is 2.79 bits per heavy atom. The van der Waals surface area contributed by atoms with Gasteiger partial charge in [-0.1, -0.05) is 35.0 Å². The number of halogens is 2. The van der Waals surface area contributed by atoms with Crippen LogP contribution in [0.4, 0.5) is 0 Å². The number of aryl methyl sites for hydroxylation is 1. The Morgan fingerprint density at radius 1 is 1.15 bits per heavy atom. The third kappa shape index (κ3) is 4.50. The number of carbonyl (C=O) groups is 2. The molecule has 33 heavy (non-hydrogen) atoms. The Labute approximate surface area is 213 Å². The summed E-state index contributed by atoms with van der Waals surface area (Å²) in [5.74, 6) is 0.363. The molecule has 0 radical (unpaired) electrons. The number of thiocarbonyl (C=S) groups is 1. The number of thiophene rings is 1. The lowest BCUT2D eigenvalue weighted by Gasteiger charge is -2.17. The van der Waals surface area contributed by atoms with Gasteiger partial charge < -0.3 is 4.42 Å². The molecule has 0 unspecified atom stereocenters. The van der Waals surface area contributed by atoms with E-state index in [9.17, 15) is 9.59 Å². The van der Waals surface area contributed by atoms with Crippen LogP contribution in [-0.4, -0.2) is 21.1 Å². The second-order valence-electron chi connectivity index (χ2n) is 7.55. The number of benzene rings is 1. The Hall–Kier alpha value is -2.10. The van der Waals surface area contributed by atoms with E-state index in [1.54, 1.807) is 47.7 Å². The molecule has 1 N–H and O–H groups in total. The molecule has 1 aromatic carbocycles. The number of carbonyl (C=O) groups excluding carboxylic acids is 2. The SMILES string of the molecule is O=C(NN1C(=O)/C(=C\c2ccc(-c3ccc(Cl)c(Cl)c3)o2)SC1=S)c1csc2c1CCCC2. The first-order valence-corrected chi connectivity index (χ1v) is 13.0. The fraction of sp³-hybridized carbons (Fsp3) is 0.174. The molecule has 5 nitrogen and oxygen atoms in total. The van der Waals surface area contributed by atoms with Crippen molar-refractivity contribution in [2.45, 2.75) is 25.7 Å². The van der Waals surface area contributed by atoms with Crippen LogP contribution in [0.5, 0.6) is 0 Å². The second-order valence-corrected chi connectivity index (χ2v) is 11.0. The predicted molar refractivity (Wildman–Crippen MR) is 138 cm³/mol. The van der Waals surface area contributed by atoms with Crippen LogP contribution in [0.2, 0.25) is 10.0 Å². The zero-order chi connectivity index (χ0) is 23.1. The van der Waals surface area contributed by atoms with Gasteiger partial charge in [0.1, 0.15) is 11.5 Å². The molecule has 0 spiro atoms. The van der Waals surface area contributed by atoms with Crippen molar-refractivity contribution < 1.29 is 14.0 Å². The van der Waals surface area contributed by atoms with Crippen LogP contribution in [0, 0.1) is 0 Å². The summed E-state index contributed by atoms with van der Waals surface area (Å²) in [6.07, 6.45) is 5.72. The van der Waals surface area contributed by atoms with E-state index in [4.69, 9.17) is 39.8 Å². The highest BCUT2D eigenvalue weighted by atomic mass is 35.5. The van der Waals surface area contributed by atoms with E-state index in [1.165, 1.54) is 4.88 Å². The molecule has 10 heteroatoms. The summed E-state index contributed by atoms with van der Waals surface area (Å²) in [5.41, 5.74) is 5.17. The molecule has 1 aliphatic heterocycles. The molecular formula is C23H16Cl2N2O3S3. The molecule has 1 saturated heterocycles. The fourth-order valence-corrected chi connectivity index (χ4v) is 6.36. The standard InChI is InChI=1S/C23H16Cl2N2O3S3/c24-16-7-5-12(9-17(16)25)18-8-6-13(30-18)10-20-22(29)27(23(31)33-20)26-21(28)15-11-32-19-4-2-1-3-14(15)19/h5-11H,1-4H2,(H,26,28)/b20-10+. The Morgan fingerprint density at radius 2 is 1.97 bits per heavy atom. The van der Waals surface area contributed by atoms with Crippen LogP contribution in [0.1, 0.15) is 39.4 Å². The molecular weight excluding hydrogens is 519 g/mol. The van der Waals surface area contributed by atoms with E-state index in [0.717, 1.165) is 53.6 Å². The Bertz CT molecular complexity index is 1330. The topological polar surface area (TPSA) is 62.6 Å². The normalized spacial score (nSPS) is 17.0. The first-order valence-electron chi connectivity index (χ1n) is 10.1. The molecule has 2 aliphatic rings. The van der Waals surface area contributed by atoms with Gasteiger partial charge in [-0.05, 0) is 73.8 Å². The average molecular weight is 535 g/mol. The van der Waals surface area contributed by atoms with Gasteiger partial charge in [-0.25, -0.2) is 0 Å². The summed E-state index contributed by atoms with van der Waals surface area (Å²) < 4.78 is 6.12. The van der Waals surface area contributed by atoms with Crippen LogP contribution in [0.15, 0.2) is 45.0 Å². The lowest BCUT2D eigenvalue weighted by atomic mass is 9.96. The van der Waals surface area contributed by atoms with E-state index in [2.05, 4.69) is 5.43 Å². The molecule has 2 amide bonds. The minimum absolute atomic E-state index is 0.264. The van der Waals surface area contributed by atoms with E-state index in [1.807, 2.05) is 5.38 Å². The maximum atomic E-state index is 12.9. The van der Waals surface area contributed by atoms with Crippen molar-refractivity contribution in [3.8, 4) is 11.3 Å². The molecule has 5 rings (SSSR count). The number of nitrogens with one attached hydrogen (secondary N) is 1. The number of rotatable bonds is 4.